The second-order valence-electron chi connectivity index (χ2n) is 5.91. The van der Waals surface area contributed by atoms with E-state index in [9.17, 15) is 0 Å². The van der Waals surface area contributed by atoms with Gasteiger partial charge in [-0.25, -0.2) is 4.98 Å². The van der Waals surface area contributed by atoms with Crippen LogP contribution >= 0.6 is 0 Å². The molecule has 3 unspecified atom stereocenters. The van der Waals surface area contributed by atoms with Gasteiger partial charge < -0.3 is 0 Å². The Balaban J connectivity index is 1.99. The van der Waals surface area contributed by atoms with Gasteiger partial charge >= 0.3 is 0 Å². The molecule has 5 nitrogen and oxygen atoms in total. The third kappa shape index (κ3) is 3.76. The molecule has 0 spiro atoms. The van der Waals surface area contributed by atoms with E-state index in [1.165, 1.54) is 25.7 Å². The molecule has 108 valence electrons. The first-order valence-electron chi connectivity index (χ1n) is 7.57. The monoisotopic (exact) mass is 265 g/mol. The third-order valence-corrected chi connectivity index (χ3v) is 4.29. The molecule has 1 fully saturated rings. The van der Waals surface area contributed by atoms with Gasteiger partial charge in [0.15, 0.2) is 0 Å². The number of nitrogens with zero attached hydrogens (tertiary/aromatic N) is 3. The Morgan fingerprint density at radius 2 is 2.37 bits per heavy atom. The van der Waals surface area contributed by atoms with Crippen LogP contribution in [0.15, 0.2) is 6.33 Å². The van der Waals surface area contributed by atoms with Crippen molar-refractivity contribution >= 4 is 0 Å². The summed E-state index contributed by atoms with van der Waals surface area (Å²) in [6, 6.07) is 0.322. The zero-order valence-electron chi connectivity index (χ0n) is 12.2. The molecule has 0 saturated heterocycles. The lowest BCUT2D eigenvalue weighted by atomic mass is 9.78. The van der Waals surface area contributed by atoms with Gasteiger partial charge in [-0.05, 0) is 31.1 Å². The molecule has 5 heteroatoms. The van der Waals surface area contributed by atoms with Crippen molar-refractivity contribution in [3.05, 3.63) is 12.2 Å². The van der Waals surface area contributed by atoms with E-state index in [1.807, 2.05) is 4.68 Å². The van der Waals surface area contributed by atoms with Crippen molar-refractivity contribution < 1.29 is 0 Å². The summed E-state index contributed by atoms with van der Waals surface area (Å²) in [4.78, 5) is 4.39. The maximum atomic E-state index is 5.78. The fourth-order valence-electron chi connectivity index (χ4n) is 3.25. The molecule has 0 amide bonds. The Bertz CT molecular complexity index is 376. The van der Waals surface area contributed by atoms with Crippen molar-refractivity contribution in [2.24, 2.45) is 17.7 Å². The van der Waals surface area contributed by atoms with E-state index < -0.39 is 0 Å². The molecule has 0 aromatic carbocycles. The first-order valence-corrected chi connectivity index (χ1v) is 7.57. The highest BCUT2D eigenvalue weighted by Crippen LogP contribution is 2.31. The zero-order valence-corrected chi connectivity index (χ0v) is 12.2. The molecule has 3 N–H and O–H groups in total. The van der Waals surface area contributed by atoms with Crippen molar-refractivity contribution in [2.75, 3.05) is 0 Å². The summed E-state index contributed by atoms with van der Waals surface area (Å²) >= 11 is 0. The van der Waals surface area contributed by atoms with Gasteiger partial charge in [0.2, 0.25) is 0 Å². The standard InChI is InChI=1S/C14H27N5/c1-3-7-19-14(16-10-17-19)9-13(18-15)12-6-4-5-11(2)8-12/h10-13,18H,3-9,15H2,1-2H3. The van der Waals surface area contributed by atoms with Gasteiger partial charge in [0.25, 0.3) is 0 Å². The van der Waals surface area contributed by atoms with Crippen LogP contribution < -0.4 is 11.3 Å². The predicted octanol–water partition coefficient (Wildman–Crippen LogP) is 1.89. The summed E-state index contributed by atoms with van der Waals surface area (Å²) in [5, 5.41) is 4.29. The first kappa shape index (κ1) is 14.5. The van der Waals surface area contributed by atoms with Crippen LogP contribution in [-0.2, 0) is 13.0 Å². The number of hydrogen-bond acceptors (Lipinski definition) is 4. The maximum absolute atomic E-state index is 5.78. The van der Waals surface area contributed by atoms with E-state index in [0.29, 0.717) is 12.0 Å². The van der Waals surface area contributed by atoms with Crippen molar-refractivity contribution in [2.45, 2.75) is 65.0 Å². The van der Waals surface area contributed by atoms with Crippen LogP contribution in [0, 0.1) is 11.8 Å². The fraction of sp³-hybridized carbons (Fsp3) is 0.857. The van der Waals surface area contributed by atoms with Crippen LogP contribution in [-0.4, -0.2) is 20.8 Å². The zero-order chi connectivity index (χ0) is 13.7. The van der Waals surface area contributed by atoms with E-state index in [1.54, 1.807) is 6.33 Å². The lowest BCUT2D eigenvalue weighted by Gasteiger charge is -2.32. The third-order valence-electron chi connectivity index (χ3n) is 4.29. The van der Waals surface area contributed by atoms with Crippen molar-refractivity contribution in [3.63, 3.8) is 0 Å². The number of hydrogen-bond donors (Lipinski definition) is 2. The minimum atomic E-state index is 0.322. The quantitative estimate of drug-likeness (QED) is 0.609. The van der Waals surface area contributed by atoms with Crippen LogP contribution in [0.4, 0.5) is 0 Å². The Morgan fingerprint density at radius 3 is 3.05 bits per heavy atom. The summed E-state index contributed by atoms with van der Waals surface area (Å²) in [7, 11) is 0. The largest absolute Gasteiger partial charge is 0.271 e. The van der Waals surface area contributed by atoms with Crippen LogP contribution in [0.2, 0.25) is 0 Å². The van der Waals surface area contributed by atoms with Crippen LogP contribution in [0.5, 0.6) is 0 Å². The number of nitrogens with two attached hydrogens (primary N) is 1. The van der Waals surface area contributed by atoms with Crippen LogP contribution in [0.3, 0.4) is 0 Å². The van der Waals surface area contributed by atoms with Crippen LogP contribution in [0.1, 0.15) is 51.8 Å². The second kappa shape index (κ2) is 7.01. The molecule has 1 saturated carbocycles. The molecule has 1 aromatic rings. The molecular weight excluding hydrogens is 238 g/mol. The molecule has 1 heterocycles. The Kier molecular flexibility index (Phi) is 5.34. The molecule has 0 radical (unpaired) electrons. The topological polar surface area (TPSA) is 68.8 Å². The lowest BCUT2D eigenvalue weighted by molar-refractivity contribution is 0.219. The maximum Gasteiger partial charge on any atom is 0.138 e. The number of nitrogens with one attached hydrogen (secondary N) is 1. The van der Waals surface area contributed by atoms with Crippen LogP contribution in [0.25, 0.3) is 0 Å². The number of rotatable bonds is 6. The van der Waals surface area contributed by atoms with Crippen molar-refractivity contribution in [1.29, 1.82) is 0 Å². The van der Waals surface area contributed by atoms with Gasteiger partial charge in [0.05, 0.1) is 0 Å². The lowest BCUT2D eigenvalue weighted by Crippen LogP contribution is -2.44. The molecular formula is C14H27N5. The summed E-state index contributed by atoms with van der Waals surface area (Å²) in [5.74, 6) is 8.33. The van der Waals surface area contributed by atoms with E-state index in [2.05, 4.69) is 29.4 Å². The molecule has 1 aromatic heterocycles. The molecule has 1 aliphatic carbocycles. The molecule has 0 bridgehead atoms. The van der Waals surface area contributed by atoms with Gasteiger partial charge in [0.1, 0.15) is 12.2 Å². The predicted molar refractivity (Wildman–Crippen MR) is 76.3 cm³/mol. The normalized spacial score (nSPS) is 25.4. The minimum Gasteiger partial charge on any atom is -0.271 e. The Hall–Kier alpha value is -0.940. The fourth-order valence-corrected chi connectivity index (χ4v) is 3.25. The molecule has 0 aliphatic heterocycles. The second-order valence-corrected chi connectivity index (χ2v) is 5.91. The number of hydrazine groups is 1. The summed E-state index contributed by atoms with van der Waals surface area (Å²) < 4.78 is 2.01. The minimum absolute atomic E-state index is 0.322. The van der Waals surface area contributed by atoms with Gasteiger partial charge in [-0.3, -0.25) is 16.0 Å². The number of aryl methyl sites for hydroxylation is 1. The molecule has 1 aliphatic rings. The van der Waals surface area contributed by atoms with Crippen molar-refractivity contribution in [3.8, 4) is 0 Å². The average Bonchev–Trinajstić information content (AvgIpc) is 2.84. The van der Waals surface area contributed by atoms with Gasteiger partial charge in [-0.1, -0.05) is 26.7 Å². The summed E-state index contributed by atoms with van der Waals surface area (Å²) in [5.41, 5.74) is 3.02. The highest BCUT2D eigenvalue weighted by atomic mass is 15.3. The highest BCUT2D eigenvalue weighted by molar-refractivity contribution is 4.93. The van der Waals surface area contributed by atoms with E-state index in [-0.39, 0.29) is 0 Å². The van der Waals surface area contributed by atoms with Gasteiger partial charge in [-0.2, -0.15) is 5.10 Å². The first-order chi connectivity index (χ1) is 9.24. The van der Waals surface area contributed by atoms with Gasteiger partial charge in [0, 0.05) is 19.0 Å². The van der Waals surface area contributed by atoms with Crippen molar-refractivity contribution in [1.82, 2.24) is 20.2 Å². The van der Waals surface area contributed by atoms with Gasteiger partial charge in [-0.15, -0.1) is 0 Å². The van der Waals surface area contributed by atoms with E-state index in [0.717, 1.165) is 31.1 Å². The summed E-state index contributed by atoms with van der Waals surface area (Å²) in [6.07, 6.45) is 8.86. The van der Waals surface area contributed by atoms with E-state index >= 15 is 0 Å². The van der Waals surface area contributed by atoms with E-state index in [4.69, 9.17) is 5.84 Å². The highest BCUT2D eigenvalue weighted by Gasteiger charge is 2.27. The Labute approximate surface area is 115 Å². The molecule has 2 rings (SSSR count). The molecule has 19 heavy (non-hydrogen) atoms. The smallest absolute Gasteiger partial charge is 0.138 e. The average molecular weight is 265 g/mol. The SMILES string of the molecule is CCCn1ncnc1CC(NN)C1CCCC(C)C1. The Morgan fingerprint density at radius 1 is 1.53 bits per heavy atom. The summed E-state index contributed by atoms with van der Waals surface area (Å²) in [6.45, 7) is 5.44. The number of aromatic nitrogens is 3. The molecule has 3 atom stereocenters.